The highest BCUT2D eigenvalue weighted by Gasteiger charge is 2.32. The Labute approximate surface area is 103 Å². The Kier molecular flexibility index (Phi) is 4.44. The zero-order chi connectivity index (χ0) is 12.3. The van der Waals surface area contributed by atoms with Crippen LogP contribution in [0, 0.1) is 11.7 Å². The molecule has 90 valence electrons. The summed E-state index contributed by atoms with van der Waals surface area (Å²) in [6, 6.07) is 4.52. The van der Waals surface area contributed by atoms with E-state index in [-0.39, 0.29) is 24.7 Å². The first-order valence-corrected chi connectivity index (χ1v) is 6.01. The Morgan fingerprint density at radius 1 is 1.44 bits per heavy atom. The molecule has 16 heavy (non-hydrogen) atoms. The number of hydrogen-bond donors (Lipinski definition) is 1. The Morgan fingerprint density at radius 3 is 2.50 bits per heavy atom. The monoisotopic (exact) mass is 291 g/mol. The van der Waals surface area contributed by atoms with Gasteiger partial charge in [-0.15, -0.1) is 0 Å². The molecule has 0 bridgehead atoms. The maximum Gasteiger partial charge on any atom is 0.137 e. The maximum absolute atomic E-state index is 14.3. The summed E-state index contributed by atoms with van der Waals surface area (Å²) in [7, 11) is 0. The van der Waals surface area contributed by atoms with E-state index >= 15 is 0 Å². The highest BCUT2D eigenvalue weighted by Crippen LogP contribution is 2.27. The molecule has 2 N–H and O–H groups in total. The molecule has 0 aliphatic heterocycles. The first-order valence-electron chi connectivity index (χ1n) is 5.22. The zero-order valence-corrected chi connectivity index (χ0v) is 11.0. The molecule has 0 saturated heterocycles. The van der Waals surface area contributed by atoms with Gasteiger partial charge in [0.05, 0.1) is 4.47 Å². The molecule has 0 aromatic heterocycles. The number of benzene rings is 1. The SMILES string of the molecule is CC(C)C(F)(CN)Cc1ccc(F)c(Br)c1. The second-order valence-electron chi connectivity index (χ2n) is 4.32. The van der Waals surface area contributed by atoms with Gasteiger partial charge in [-0.25, -0.2) is 8.78 Å². The van der Waals surface area contributed by atoms with Gasteiger partial charge in [-0.2, -0.15) is 0 Å². The molecular weight excluding hydrogens is 276 g/mol. The van der Waals surface area contributed by atoms with Gasteiger partial charge >= 0.3 is 0 Å². The van der Waals surface area contributed by atoms with Gasteiger partial charge in [0.15, 0.2) is 0 Å². The van der Waals surface area contributed by atoms with Crippen LogP contribution in [0.2, 0.25) is 0 Å². The summed E-state index contributed by atoms with van der Waals surface area (Å²) in [5.74, 6) is -0.508. The van der Waals surface area contributed by atoms with Crippen molar-refractivity contribution in [2.75, 3.05) is 6.54 Å². The molecule has 0 saturated carbocycles. The fourth-order valence-corrected chi connectivity index (χ4v) is 1.93. The third-order valence-electron chi connectivity index (χ3n) is 2.86. The van der Waals surface area contributed by atoms with E-state index in [4.69, 9.17) is 5.73 Å². The van der Waals surface area contributed by atoms with Gasteiger partial charge in [0.1, 0.15) is 11.5 Å². The van der Waals surface area contributed by atoms with Crippen molar-refractivity contribution in [2.24, 2.45) is 11.7 Å². The molecule has 1 aromatic rings. The maximum atomic E-state index is 14.3. The van der Waals surface area contributed by atoms with E-state index in [1.165, 1.54) is 6.07 Å². The van der Waals surface area contributed by atoms with Crippen LogP contribution in [-0.2, 0) is 6.42 Å². The van der Waals surface area contributed by atoms with E-state index in [1.807, 2.05) is 0 Å². The lowest BCUT2D eigenvalue weighted by Crippen LogP contribution is -2.40. The minimum absolute atomic E-state index is 0.0281. The summed E-state index contributed by atoms with van der Waals surface area (Å²) >= 11 is 3.08. The van der Waals surface area contributed by atoms with Gasteiger partial charge in [-0.05, 0) is 39.5 Å². The molecule has 0 spiro atoms. The number of halogens is 3. The fourth-order valence-electron chi connectivity index (χ4n) is 1.50. The van der Waals surface area contributed by atoms with Crippen LogP contribution in [-0.4, -0.2) is 12.2 Å². The summed E-state index contributed by atoms with van der Waals surface area (Å²) < 4.78 is 27.7. The predicted octanol–water partition coefficient (Wildman–Crippen LogP) is 3.45. The van der Waals surface area contributed by atoms with Crippen LogP contribution in [0.3, 0.4) is 0 Å². The lowest BCUT2D eigenvalue weighted by atomic mass is 9.86. The van der Waals surface area contributed by atoms with E-state index in [2.05, 4.69) is 15.9 Å². The van der Waals surface area contributed by atoms with Gasteiger partial charge in [-0.1, -0.05) is 19.9 Å². The smallest absolute Gasteiger partial charge is 0.137 e. The van der Waals surface area contributed by atoms with E-state index < -0.39 is 5.67 Å². The van der Waals surface area contributed by atoms with Gasteiger partial charge in [0.25, 0.3) is 0 Å². The van der Waals surface area contributed by atoms with Crippen molar-refractivity contribution in [3.63, 3.8) is 0 Å². The van der Waals surface area contributed by atoms with Gasteiger partial charge < -0.3 is 5.73 Å². The number of hydrogen-bond acceptors (Lipinski definition) is 1. The first kappa shape index (κ1) is 13.6. The predicted molar refractivity (Wildman–Crippen MR) is 65.5 cm³/mol. The minimum Gasteiger partial charge on any atom is -0.328 e. The summed E-state index contributed by atoms with van der Waals surface area (Å²) in [6.45, 7) is 3.57. The van der Waals surface area contributed by atoms with Crippen LogP contribution in [0.4, 0.5) is 8.78 Å². The summed E-state index contributed by atoms with van der Waals surface area (Å²) in [4.78, 5) is 0. The van der Waals surface area contributed by atoms with Gasteiger partial charge in [0, 0.05) is 13.0 Å². The fraction of sp³-hybridized carbons (Fsp3) is 0.500. The van der Waals surface area contributed by atoms with Crippen molar-refractivity contribution in [3.05, 3.63) is 34.1 Å². The molecule has 1 aromatic carbocycles. The van der Waals surface area contributed by atoms with Crippen molar-refractivity contribution in [3.8, 4) is 0 Å². The Bertz CT molecular complexity index is 368. The van der Waals surface area contributed by atoms with E-state index in [0.29, 0.717) is 4.47 Å². The third-order valence-corrected chi connectivity index (χ3v) is 3.46. The van der Waals surface area contributed by atoms with Crippen LogP contribution in [0.25, 0.3) is 0 Å². The topological polar surface area (TPSA) is 26.0 Å². The third kappa shape index (κ3) is 3.01. The Hall–Kier alpha value is -0.480. The van der Waals surface area contributed by atoms with Crippen molar-refractivity contribution in [1.29, 1.82) is 0 Å². The van der Waals surface area contributed by atoms with Gasteiger partial charge in [0.2, 0.25) is 0 Å². The molecule has 1 unspecified atom stereocenters. The molecule has 1 nitrogen and oxygen atoms in total. The van der Waals surface area contributed by atoms with Crippen molar-refractivity contribution >= 4 is 15.9 Å². The summed E-state index contributed by atoms with van der Waals surface area (Å²) in [5, 5.41) is 0. The average Bonchev–Trinajstić information content (AvgIpc) is 2.23. The molecule has 0 radical (unpaired) electrons. The molecule has 0 aliphatic carbocycles. The number of nitrogens with two attached hydrogens (primary N) is 1. The van der Waals surface area contributed by atoms with Crippen molar-refractivity contribution in [2.45, 2.75) is 25.9 Å². The van der Waals surface area contributed by atoms with E-state index in [9.17, 15) is 8.78 Å². The van der Waals surface area contributed by atoms with Crippen molar-refractivity contribution < 1.29 is 8.78 Å². The summed E-state index contributed by atoms with van der Waals surface area (Å²) in [6.07, 6.45) is 0.208. The Balaban J connectivity index is 2.90. The number of rotatable bonds is 4. The molecule has 1 atom stereocenters. The largest absolute Gasteiger partial charge is 0.328 e. The second-order valence-corrected chi connectivity index (χ2v) is 5.17. The molecule has 0 amide bonds. The second kappa shape index (κ2) is 5.23. The number of alkyl halides is 1. The normalized spacial score (nSPS) is 15.2. The lowest BCUT2D eigenvalue weighted by molar-refractivity contribution is 0.110. The van der Waals surface area contributed by atoms with Crippen LogP contribution < -0.4 is 5.73 Å². The summed E-state index contributed by atoms with van der Waals surface area (Å²) in [5.41, 5.74) is 4.77. The lowest BCUT2D eigenvalue weighted by Gasteiger charge is -2.28. The quantitative estimate of drug-likeness (QED) is 0.903. The Morgan fingerprint density at radius 2 is 2.06 bits per heavy atom. The van der Waals surface area contributed by atoms with E-state index in [1.54, 1.807) is 26.0 Å². The molecule has 1 rings (SSSR count). The first-order chi connectivity index (χ1) is 7.39. The van der Waals surface area contributed by atoms with Crippen LogP contribution >= 0.6 is 15.9 Å². The zero-order valence-electron chi connectivity index (χ0n) is 9.43. The highest BCUT2D eigenvalue weighted by molar-refractivity contribution is 9.10. The average molecular weight is 292 g/mol. The van der Waals surface area contributed by atoms with Crippen LogP contribution in [0.15, 0.2) is 22.7 Å². The molecule has 4 heteroatoms. The molecule has 0 aliphatic rings. The van der Waals surface area contributed by atoms with Gasteiger partial charge in [-0.3, -0.25) is 0 Å². The van der Waals surface area contributed by atoms with E-state index in [0.717, 1.165) is 5.56 Å². The standard InChI is InChI=1S/C12H16BrF2N/c1-8(2)12(15,7-16)6-9-3-4-11(14)10(13)5-9/h3-5,8H,6-7,16H2,1-2H3. The molecule has 0 fully saturated rings. The highest BCUT2D eigenvalue weighted by atomic mass is 79.9. The van der Waals surface area contributed by atoms with Crippen molar-refractivity contribution in [1.82, 2.24) is 0 Å². The van der Waals surface area contributed by atoms with Crippen LogP contribution in [0.1, 0.15) is 19.4 Å². The molecule has 0 heterocycles. The molecular formula is C12H16BrF2N. The van der Waals surface area contributed by atoms with Crippen LogP contribution in [0.5, 0.6) is 0 Å². The minimum atomic E-state index is -1.43.